The molecule has 1 aliphatic rings. The lowest BCUT2D eigenvalue weighted by molar-refractivity contribution is 0.247. The van der Waals surface area contributed by atoms with Gasteiger partial charge in [-0.05, 0) is 18.2 Å². The molecule has 2 aromatic rings. The summed E-state index contributed by atoms with van der Waals surface area (Å²) in [5, 5.41) is 0. The molecule has 5 nitrogen and oxygen atoms in total. The van der Waals surface area contributed by atoms with E-state index < -0.39 is 0 Å². The Kier molecular flexibility index (Phi) is 3.78. The minimum absolute atomic E-state index is 0.755. The molecule has 104 valence electrons. The fourth-order valence-corrected chi connectivity index (χ4v) is 2.55. The lowest BCUT2D eigenvalue weighted by Gasteiger charge is -2.36. The molecule has 0 amide bonds. The molecule has 1 saturated heterocycles. The van der Waals surface area contributed by atoms with Crippen molar-refractivity contribution in [3.63, 3.8) is 0 Å². The zero-order valence-corrected chi connectivity index (χ0v) is 11.4. The number of nitrogen functional groups attached to an aromatic ring is 1. The van der Waals surface area contributed by atoms with Crippen molar-refractivity contribution in [1.82, 2.24) is 14.9 Å². The third-order valence-electron chi connectivity index (χ3n) is 3.65. The molecule has 0 bridgehead atoms. The molecule has 1 aliphatic heterocycles. The fourth-order valence-electron chi connectivity index (χ4n) is 2.55. The number of nitrogens with zero attached hydrogens (tertiary/aromatic N) is 4. The first-order valence-electron chi connectivity index (χ1n) is 6.89. The summed E-state index contributed by atoms with van der Waals surface area (Å²) in [6, 6.07) is 8.06. The zero-order chi connectivity index (χ0) is 13.8. The first kappa shape index (κ1) is 12.9. The summed E-state index contributed by atoms with van der Waals surface area (Å²) in [5.41, 5.74) is 8.96. The van der Waals surface area contributed by atoms with Crippen LogP contribution in [0.25, 0.3) is 0 Å². The van der Waals surface area contributed by atoms with E-state index in [4.69, 9.17) is 5.73 Å². The summed E-state index contributed by atoms with van der Waals surface area (Å²) in [6.07, 6.45) is 5.37. The second-order valence-electron chi connectivity index (χ2n) is 5.02. The Morgan fingerprint density at radius 3 is 2.60 bits per heavy atom. The topological polar surface area (TPSA) is 58.3 Å². The maximum absolute atomic E-state index is 5.98. The van der Waals surface area contributed by atoms with Crippen LogP contribution in [0.2, 0.25) is 0 Å². The van der Waals surface area contributed by atoms with E-state index >= 15 is 0 Å². The zero-order valence-electron chi connectivity index (χ0n) is 11.4. The molecule has 0 atom stereocenters. The average molecular weight is 269 g/mol. The van der Waals surface area contributed by atoms with E-state index in [1.165, 1.54) is 0 Å². The van der Waals surface area contributed by atoms with Crippen molar-refractivity contribution in [2.75, 3.05) is 36.8 Å². The predicted molar refractivity (Wildman–Crippen MR) is 80.4 cm³/mol. The van der Waals surface area contributed by atoms with Crippen molar-refractivity contribution in [1.29, 1.82) is 0 Å². The normalized spacial score (nSPS) is 16.3. The molecule has 20 heavy (non-hydrogen) atoms. The summed E-state index contributed by atoms with van der Waals surface area (Å²) in [4.78, 5) is 13.2. The number of rotatable bonds is 3. The molecular formula is C15H19N5. The highest BCUT2D eigenvalue weighted by atomic mass is 15.3. The molecule has 0 unspecified atom stereocenters. The number of hydrogen-bond acceptors (Lipinski definition) is 5. The van der Waals surface area contributed by atoms with Crippen molar-refractivity contribution in [2.24, 2.45) is 0 Å². The van der Waals surface area contributed by atoms with E-state index in [0.29, 0.717) is 0 Å². The number of nitrogens with two attached hydrogens (primary N) is 1. The number of aromatic nitrogens is 2. The molecule has 3 rings (SSSR count). The van der Waals surface area contributed by atoms with Crippen LogP contribution in [0.3, 0.4) is 0 Å². The van der Waals surface area contributed by atoms with E-state index in [1.807, 2.05) is 24.4 Å². The second kappa shape index (κ2) is 5.88. The van der Waals surface area contributed by atoms with Gasteiger partial charge in [0.15, 0.2) is 0 Å². The maximum Gasteiger partial charge on any atom is 0.0738 e. The van der Waals surface area contributed by atoms with Crippen molar-refractivity contribution >= 4 is 11.4 Å². The number of hydrogen-bond donors (Lipinski definition) is 1. The number of pyridine rings is 2. The van der Waals surface area contributed by atoms with Gasteiger partial charge in [-0.25, -0.2) is 0 Å². The highest BCUT2D eigenvalue weighted by Gasteiger charge is 2.18. The molecule has 0 radical (unpaired) electrons. The largest absolute Gasteiger partial charge is 0.396 e. The Labute approximate surface area is 119 Å². The standard InChI is InChI=1S/C15H19N5/c16-14-11-17-6-4-15(14)20-9-7-19(8-10-20)12-13-3-1-2-5-18-13/h1-6,11H,7-10,12,16H2. The quantitative estimate of drug-likeness (QED) is 0.912. The van der Waals surface area contributed by atoms with Crippen LogP contribution < -0.4 is 10.6 Å². The monoisotopic (exact) mass is 269 g/mol. The van der Waals surface area contributed by atoms with Gasteiger partial charge in [-0.1, -0.05) is 6.07 Å². The van der Waals surface area contributed by atoms with Crippen LogP contribution >= 0.6 is 0 Å². The third-order valence-corrected chi connectivity index (χ3v) is 3.65. The first-order chi connectivity index (χ1) is 9.83. The van der Waals surface area contributed by atoms with Gasteiger partial charge in [-0.15, -0.1) is 0 Å². The van der Waals surface area contributed by atoms with Gasteiger partial charge in [-0.2, -0.15) is 0 Å². The van der Waals surface area contributed by atoms with Crippen LogP contribution in [0.15, 0.2) is 42.9 Å². The van der Waals surface area contributed by atoms with Gasteiger partial charge in [0.2, 0.25) is 0 Å². The summed E-state index contributed by atoms with van der Waals surface area (Å²) in [7, 11) is 0. The highest BCUT2D eigenvalue weighted by molar-refractivity contribution is 5.66. The molecule has 0 aliphatic carbocycles. The molecule has 2 N–H and O–H groups in total. The van der Waals surface area contributed by atoms with Crippen LogP contribution in [-0.2, 0) is 6.54 Å². The molecule has 0 spiro atoms. The van der Waals surface area contributed by atoms with E-state index in [2.05, 4.69) is 25.8 Å². The lowest BCUT2D eigenvalue weighted by atomic mass is 10.2. The van der Waals surface area contributed by atoms with E-state index in [1.54, 1.807) is 12.4 Å². The molecule has 1 fully saturated rings. The average Bonchev–Trinajstić information content (AvgIpc) is 2.50. The van der Waals surface area contributed by atoms with Gasteiger partial charge in [0.1, 0.15) is 0 Å². The third kappa shape index (κ3) is 2.88. The molecule has 0 saturated carbocycles. The minimum Gasteiger partial charge on any atom is -0.396 e. The maximum atomic E-state index is 5.98. The van der Waals surface area contributed by atoms with Gasteiger partial charge in [0.25, 0.3) is 0 Å². The Bertz CT molecular complexity index is 549. The van der Waals surface area contributed by atoms with Crippen molar-refractivity contribution in [3.8, 4) is 0 Å². The lowest BCUT2D eigenvalue weighted by Crippen LogP contribution is -2.46. The Morgan fingerprint density at radius 1 is 1.05 bits per heavy atom. The Balaban J connectivity index is 1.59. The summed E-state index contributed by atoms with van der Waals surface area (Å²) in [5.74, 6) is 0. The molecular weight excluding hydrogens is 250 g/mol. The van der Waals surface area contributed by atoms with Gasteiger partial charge in [0.05, 0.1) is 23.3 Å². The number of anilines is 2. The van der Waals surface area contributed by atoms with Gasteiger partial charge in [-0.3, -0.25) is 14.9 Å². The van der Waals surface area contributed by atoms with Gasteiger partial charge < -0.3 is 10.6 Å². The van der Waals surface area contributed by atoms with Crippen molar-refractivity contribution < 1.29 is 0 Å². The van der Waals surface area contributed by atoms with Gasteiger partial charge >= 0.3 is 0 Å². The summed E-state index contributed by atoms with van der Waals surface area (Å²) < 4.78 is 0. The van der Waals surface area contributed by atoms with Crippen LogP contribution in [0, 0.1) is 0 Å². The second-order valence-corrected chi connectivity index (χ2v) is 5.02. The van der Waals surface area contributed by atoms with Crippen molar-refractivity contribution in [3.05, 3.63) is 48.5 Å². The van der Waals surface area contributed by atoms with Crippen LogP contribution in [0.1, 0.15) is 5.69 Å². The summed E-state index contributed by atoms with van der Waals surface area (Å²) in [6.45, 7) is 4.94. The van der Waals surface area contributed by atoms with Crippen molar-refractivity contribution in [2.45, 2.75) is 6.54 Å². The van der Waals surface area contributed by atoms with Crippen LogP contribution in [0.4, 0.5) is 11.4 Å². The SMILES string of the molecule is Nc1cnccc1N1CCN(Cc2ccccn2)CC1. The van der Waals surface area contributed by atoms with E-state index in [-0.39, 0.29) is 0 Å². The predicted octanol–water partition coefficient (Wildman–Crippen LogP) is 1.38. The fraction of sp³-hybridized carbons (Fsp3) is 0.333. The molecule has 0 aromatic carbocycles. The van der Waals surface area contributed by atoms with E-state index in [9.17, 15) is 0 Å². The highest BCUT2D eigenvalue weighted by Crippen LogP contribution is 2.22. The minimum atomic E-state index is 0.755. The molecule has 5 heteroatoms. The van der Waals surface area contributed by atoms with Gasteiger partial charge in [0, 0.05) is 45.1 Å². The Morgan fingerprint density at radius 2 is 1.90 bits per heavy atom. The molecule has 2 aromatic heterocycles. The Hall–Kier alpha value is -2.14. The van der Waals surface area contributed by atoms with Crippen LogP contribution in [0.5, 0.6) is 0 Å². The smallest absolute Gasteiger partial charge is 0.0738 e. The molecule has 3 heterocycles. The van der Waals surface area contributed by atoms with E-state index in [0.717, 1.165) is 49.8 Å². The first-order valence-corrected chi connectivity index (χ1v) is 6.89. The van der Waals surface area contributed by atoms with Crippen LogP contribution in [-0.4, -0.2) is 41.0 Å². The number of piperazine rings is 1. The summed E-state index contributed by atoms with van der Waals surface area (Å²) >= 11 is 0.